The average Bonchev–Trinajstić information content (AvgIpc) is 2.74. The van der Waals surface area contributed by atoms with E-state index in [1.54, 1.807) is 26.2 Å². The Balaban J connectivity index is 1.72. The van der Waals surface area contributed by atoms with Gasteiger partial charge in [0.15, 0.2) is 0 Å². The van der Waals surface area contributed by atoms with E-state index in [9.17, 15) is 0 Å². The first-order valence-corrected chi connectivity index (χ1v) is 9.54. The number of methoxy groups -OCH3 is 2. The van der Waals surface area contributed by atoms with Crippen molar-refractivity contribution in [2.24, 2.45) is 0 Å². The van der Waals surface area contributed by atoms with Crippen LogP contribution in [0.3, 0.4) is 0 Å². The fraction of sp³-hybridized carbons (Fsp3) is 0.130. The highest BCUT2D eigenvalue weighted by atomic mass is 32.2. The van der Waals surface area contributed by atoms with Gasteiger partial charge in [-0.2, -0.15) is 0 Å². The van der Waals surface area contributed by atoms with Crippen molar-refractivity contribution in [3.8, 4) is 11.5 Å². The fourth-order valence-electron chi connectivity index (χ4n) is 2.56. The van der Waals surface area contributed by atoms with Gasteiger partial charge in [-0.3, -0.25) is 4.72 Å². The Morgan fingerprint density at radius 3 is 2.22 bits per heavy atom. The van der Waals surface area contributed by atoms with Gasteiger partial charge in [0, 0.05) is 11.4 Å². The van der Waals surface area contributed by atoms with Crippen LogP contribution >= 0.6 is 11.9 Å². The molecule has 3 aromatic carbocycles. The molecule has 0 atom stereocenters. The smallest absolute Gasteiger partial charge is 0.120 e. The molecule has 0 radical (unpaired) electrons. The second-order valence-electron chi connectivity index (χ2n) is 5.92. The minimum atomic E-state index is 0.796. The summed E-state index contributed by atoms with van der Waals surface area (Å²) >= 11 is 1.61. The molecule has 0 aromatic heterocycles. The number of rotatable bonds is 8. The molecule has 3 nitrogen and oxygen atoms in total. The van der Waals surface area contributed by atoms with E-state index >= 15 is 0 Å². The molecule has 0 amide bonds. The maximum absolute atomic E-state index is 5.38. The Labute approximate surface area is 165 Å². The Kier molecular flexibility index (Phi) is 6.97. The molecule has 0 fully saturated rings. The Bertz CT molecular complexity index is 877. The van der Waals surface area contributed by atoms with E-state index in [2.05, 4.69) is 53.3 Å². The molecular weight excluding hydrogens is 354 g/mol. The standard InChI is InChI=1S/C23H23NO2S/c1-25-21-13-9-18(10-14-21)8-11-20-12-15-22(26-2)16-23(20)27-24-17-19-6-4-3-5-7-19/h3-16,24H,17H2,1-2H3/b11-8-. The van der Waals surface area contributed by atoms with Crippen molar-refractivity contribution in [2.75, 3.05) is 14.2 Å². The van der Waals surface area contributed by atoms with Crippen molar-refractivity contribution in [3.63, 3.8) is 0 Å². The minimum Gasteiger partial charge on any atom is -0.497 e. The zero-order valence-electron chi connectivity index (χ0n) is 15.5. The zero-order chi connectivity index (χ0) is 18.9. The quantitative estimate of drug-likeness (QED) is 0.405. The summed E-state index contributed by atoms with van der Waals surface area (Å²) in [5.74, 6) is 1.71. The Hall–Kier alpha value is -2.69. The van der Waals surface area contributed by atoms with Gasteiger partial charge in [0.05, 0.1) is 14.2 Å². The predicted molar refractivity (Wildman–Crippen MR) is 114 cm³/mol. The van der Waals surface area contributed by atoms with Crippen LogP contribution in [-0.4, -0.2) is 14.2 Å². The average molecular weight is 378 g/mol. The van der Waals surface area contributed by atoms with Crippen LogP contribution < -0.4 is 14.2 Å². The maximum atomic E-state index is 5.38. The van der Waals surface area contributed by atoms with Gasteiger partial charge in [-0.1, -0.05) is 60.7 Å². The first-order valence-electron chi connectivity index (χ1n) is 8.72. The molecule has 0 unspecified atom stereocenters. The number of hydrogen-bond donors (Lipinski definition) is 1. The summed E-state index contributed by atoms with van der Waals surface area (Å²) in [6, 6.07) is 24.5. The molecule has 0 heterocycles. The number of nitrogens with one attached hydrogen (secondary N) is 1. The van der Waals surface area contributed by atoms with Gasteiger partial charge in [0.25, 0.3) is 0 Å². The minimum absolute atomic E-state index is 0.796. The van der Waals surface area contributed by atoms with Crippen molar-refractivity contribution in [1.82, 2.24) is 4.72 Å². The highest BCUT2D eigenvalue weighted by Gasteiger charge is 2.04. The van der Waals surface area contributed by atoms with Gasteiger partial charge in [-0.15, -0.1) is 0 Å². The Morgan fingerprint density at radius 1 is 0.815 bits per heavy atom. The van der Waals surface area contributed by atoms with Crippen molar-refractivity contribution in [2.45, 2.75) is 11.4 Å². The molecule has 0 saturated heterocycles. The number of ether oxygens (including phenoxy) is 2. The molecular formula is C23H23NO2S. The summed E-state index contributed by atoms with van der Waals surface area (Å²) in [5.41, 5.74) is 3.51. The largest absolute Gasteiger partial charge is 0.497 e. The van der Waals surface area contributed by atoms with E-state index < -0.39 is 0 Å². The molecule has 4 heteroatoms. The lowest BCUT2D eigenvalue weighted by atomic mass is 10.1. The first-order chi connectivity index (χ1) is 13.3. The van der Waals surface area contributed by atoms with Crippen LogP contribution in [0.15, 0.2) is 77.7 Å². The molecule has 0 aliphatic heterocycles. The molecule has 0 aliphatic carbocycles. The lowest BCUT2D eigenvalue weighted by Gasteiger charge is -2.10. The highest BCUT2D eigenvalue weighted by molar-refractivity contribution is 7.97. The van der Waals surface area contributed by atoms with Gasteiger partial charge < -0.3 is 9.47 Å². The number of hydrogen-bond acceptors (Lipinski definition) is 4. The Morgan fingerprint density at radius 2 is 1.52 bits per heavy atom. The highest BCUT2D eigenvalue weighted by Crippen LogP contribution is 2.27. The summed E-state index contributed by atoms with van der Waals surface area (Å²) in [7, 11) is 3.36. The monoisotopic (exact) mass is 377 g/mol. The second kappa shape index (κ2) is 9.86. The van der Waals surface area contributed by atoms with E-state index in [-0.39, 0.29) is 0 Å². The van der Waals surface area contributed by atoms with Crippen LogP contribution in [0.4, 0.5) is 0 Å². The molecule has 1 N–H and O–H groups in total. The maximum Gasteiger partial charge on any atom is 0.120 e. The molecule has 0 spiro atoms. The van der Waals surface area contributed by atoms with Crippen LogP contribution in [0.1, 0.15) is 16.7 Å². The van der Waals surface area contributed by atoms with Gasteiger partial charge in [-0.25, -0.2) is 0 Å². The normalized spacial score (nSPS) is 10.9. The van der Waals surface area contributed by atoms with Crippen LogP contribution in [-0.2, 0) is 6.54 Å². The topological polar surface area (TPSA) is 30.5 Å². The fourth-order valence-corrected chi connectivity index (χ4v) is 3.39. The summed E-state index contributed by atoms with van der Waals surface area (Å²) < 4.78 is 14.0. The first kappa shape index (κ1) is 19.1. The van der Waals surface area contributed by atoms with Gasteiger partial charge in [-0.05, 0) is 52.9 Å². The van der Waals surface area contributed by atoms with Gasteiger partial charge in [0.1, 0.15) is 11.5 Å². The molecule has 0 saturated carbocycles. The SMILES string of the molecule is COc1ccc(/C=C\c2ccc(OC)cc2SNCc2ccccc2)cc1. The third-order valence-electron chi connectivity index (χ3n) is 4.09. The molecule has 27 heavy (non-hydrogen) atoms. The number of benzene rings is 3. The van der Waals surface area contributed by atoms with Crippen LogP contribution in [0.2, 0.25) is 0 Å². The van der Waals surface area contributed by atoms with Gasteiger partial charge in [0.2, 0.25) is 0 Å². The van der Waals surface area contributed by atoms with E-state index in [0.29, 0.717) is 0 Å². The third-order valence-corrected chi connectivity index (χ3v) is 4.96. The third kappa shape index (κ3) is 5.64. The van der Waals surface area contributed by atoms with E-state index in [1.807, 2.05) is 36.4 Å². The molecule has 0 aliphatic rings. The summed E-state index contributed by atoms with van der Waals surface area (Å²) in [4.78, 5) is 1.12. The van der Waals surface area contributed by atoms with E-state index in [4.69, 9.17) is 9.47 Å². The summed E-state index contributed by atoms with van der Waals surface area (Å²) in [5, 5.41) is 0. The lowest BCUT2D eigenvalue weighted by molar-refractivity contribution is 0.413. The van der Waals surface area contributed by atoms with Crippen molar-refractivity contribution in [3.05, 3.63) is 89.5 Å². The zero-order valence-corrected chi connectivity index (χ0v) is 16.3. The second-order valence-corrected chi connectivity index (χ2v) is 6.85. The molecule has 0 bridgehead atoms. The van der Waals surface area contributed by atoms with Crippen LogP contribution in [0.25, 0.3) is 12.2 Å². The van der Waals surface area contributed by atoms with Crippen molar-refractivity contribution < 1.29 is 9.47 Å². The summed E-state index contributed by atoms with van der Waals surface area (Å²) in [6.07, 6.45) is 4.22. The van der Waals surface area contributed by atoms with Crippen molar-refractivity contribution in [1.29, 1.82) is 0 Å². The molecule has 3 rings (SSSR count). The van der Waals surface area contributed by atoms with Crippen LogP contribution in [0.5, 0.6) is 11.5 Å². The predicted octanol–water partition coefficient (Wildman–Crippen LogP) is 5.67. The summed E-state index contributed by atoms with van der Waals surface area (Å²) in [6.45, 7) is 0.796. The van der Waals surface area contributed by atoms with Gasteiger partial charge >= 0.3 is 0 Å². The van der Waals surface area contributed by atoms with E-state index in [1.165, 1.54) is 5.56 Å². The van der Waals surface area contributed by atoms with Crippen molar-refractivity contribution >= 4 is 24.1 Å². The van der Waals surface area contributed by atoms with Crippen LogP contribution in [0, 0.1) is 0 Å². The lowest BCUT2D eigenvalue weighted by Crippen LogP contribution is -2.03. The molecule has 3 aromatic rings. The van der Waals surface area contributed by atoms with E-state index in [0.717, 1.165) is 34.1 Å². The molecule has 138 valence electrons.